The lowest BCUT2D eigenvalue weighted by atomic mass is 9.88. The Morgan fingerprint density at radius 2 is 1.71 bits per heavy atom. The number of rotatable bonds is 5. The summed E-state index contributed by atoms with van der Waals surface area (Å²) in [6.45, 7) is 0. The number of nitrogens with zero attached hydrogens (tertiary/aromatic N) is 2. The van der Waals surface area contributed by atoms with Crippen molar-refractivity contribution in [3.63, 3.8) is 0 Å². The molecule has 1 amide bonds. The average Bonchev–Trinajstić information content (AvgIpc) is 3.50. The summed E-state index contributed by atoms with van der Waals surface area (Å²) in [5.74, 6) is -0.600. The van der Waals surface area contributed by atoms with Crippen molar-refractivity contribution < 1.29 is 24.2 Å². The van der Waals surface area contributed by atoms with Crippen LogP contribution in [0.4, 0.5) is 5.95 Å². The number of ether oxygens (including phenoxy) is 2. The Balaban J connectivity index is 1.56. The highest BCUT2D eigenvalue weighted by molar-refractivity contribution is 6.51. The standard InChI is InChI=1S/C30H27N3O5/c1-37-23-14-13-19(16-24(23)38-2)26-25(27(34)20-12-11-17-7-3-4-8-18(17)15-20)28(35)29(36)33(26)30-31-21-9-5-6-10-22(21)32-30/h5-6,9-16,26,34H,3-4,7-8H2,1-2H3,(H,31,32)/b27-25+. The summed E-state index contributed by atoms with van der Waals surface area (Å²) in [6.07, 6.45) is 4.14. The number of benzene rings is 3. The Morgan fingerprint density at radius 3 is 2.47 bits per heavy atom. The Hall–Kier alpha value is -4.59. The monoisotopic (exact) mass is 509 g/mol. The van der Waals surface area contributed by atoms with Crippen LogP contribution in [0.3, 0.4) is 0 Å². The number of aliphatic hydroxyl groups excluding tert-OH is 1. The molecular formula is C30H27N3O5. The molecule has 2 aliphatic rings. The van der Waals surface area contributed by atoms with Crippen LogP contribution in [0.1, 0.15) is 41.1 Å². The van der Waals surface area contributed by atoms with Crippen molar-refractivity contribution in [3.05, 3.63) is 88.5 Å². The van der Waals surface area contributed by atoms with Crippen molar-refractivity contribution in [2.75, 3.05) is 19.1 Å². The van der Waals surface area contributed by atoms with Gasteiger partial charge in [0.2, 0.25) is 5.95 Å². The Morgan fingerprint density at radius 1 is 0.947 bits per heavy atom. The van der Waals surface area contributed by atoms with Crippen LogP contribution in [-0.4, -0.2) is 41.0 Å². The molecule has 1 aliphatic carbocycles. The van der Waals surface area contributed by atoms with Gasteiger partial charge in [-0.1, -0.05) is 30.3 Å². The second-order valence-electron chi connectivity index (χ2n) is 9.55. The van der Waals surface area contributed by atoms with Crippen LogP contribution < -0.4 is 14.4 Å². The third-order valence-electron chi connectivity index (χ3n) is 7.39. The summed E-state index contributed by atoms with van der Waals surface area (Å²) in [5, 5.41) is 11.6. The van der Waals surface area contributed by atoms with E-state index in [0.717, 1.165) is 36.8 Å². The molecule has 1 unspecified atom stereocenters. The maximum atomic E-state index is 13.6. The van der Waals surface area contributed by atoms with E-state index in [1.807, 2.05) is 42.5 Å². The minimum Gasteiger partial charge on any atom is -0.507 e. The van der Waals surface area contributed by atoms with E-state index in [2.05, 4.69) is 9.97 Å². The first-order valence-corrected chi connectivity index (χ1v) is 12.6. The number of carbonyl (C=O) groups excluding carboxylic acids is 2. The average molecular weight is 510 g/mol. The molecule has 4 aromatic rings. The number of amides is 1. The molecule has 38 heavy (non-hydrogen) atoms. The topological polar surface area (TPSA) is 105 Å². The van der Waals surface area contributed by atoms with Crippen LogP contribution >= 0.6 is 0 Å². The largest absolute Gasteiger partial charge is 0.507 e. The van der Waals surface area contributed by atoms with Crippen molar-refractivity contribution in [1.82, 2.24) is 9.97 Å². The first-order chi connectivity index (χ1) is 18.5. The first-order valence-electron chi connectivity index (χ1n) is 12.6. The van der Waals surface area contributed by atoms with Crippen LogP contribution in [0.15, 0.2) is 66.2 Å². The number of hydrogen-bond donors (Lipinski definition) is 2. The molecule has 2 heterocycles. The van der Waals surface area contributed by atoms with E-state index in [0.29, 0.717) is 28.1 Å². The van der Waals surface area contributed by atoms with Crippen molar-refractivity contribution in [2.24, 2.45) is 0 Å². The number of hydrogen-bond acceptors (Lipinski definition) is 6. The number of fused-ring (bicyclic) bond motifs is 2. The second kappa shape index (κ2) is 9.37. The predicted molar refractivity (Wildman–Crippen MR) is 144 cm³/mol. The zero-order valence-electron chi connectivity index (χ0n) is 21.2. The Kier molecular flexibility index (Phi) is 5.87. The summed E-state index contributed by atoms with van der Waals surface area (Å²) in [5.41, 5.74) is 4.88. The molecule has 2 N–H and O–H groups in total. The number of para-hydroxylation sites is 2. The minimum atomic E-state index is -0.939. The van der Waals surface area contributed by atoms with Gasteiger partial charge in [0.15, 0.2) is 11.5 Å². The van der Waals surface area contributed by atoms with Gasteiger partial charge in [0.25, 0.3) is 5.78 Å². The van der Waals surface area contributed by atoms with E-state index in [9.17, 15) is 14.7 Å². The van der Waals surface area contributed by atoms with Crippen LogP contribution in [-0.2, 0) is 22.4 Å². The number of imidazole rings is 1. The predicted octanol–water partition coefficient (Wildman–Crippen LogP) is 5.09. The first kappa shape index (κ1) is 23.8. The highest BCUT2D eigenvalue weighted by Gasteiger charge is 2.48. The fourth-order valence-corrected chi connectivity index (χ4v) is 5.48. The SMILES string of the molecule is COc1ccc(C2/C(=C(\O)c3ccc4c(c3)CCCC4)C(=O)C(=O)N2c2nc3ccccc3[nH]2)cc1OC. The van der Waals surface area contributed by atoms with E-state index in [-0.39, 0.29) is 17.3 Å². The van der Waals surface area contributed by atoms with Crippen LogP contribution in [0, 0.1) is 0 Å². The molecule has 1 fully saturated rings. The number of Topliss-reactive ketones (excluding diaryl/α,β-unsaturated/α-hetero) is 1. The van der Waals surface area contributed by atoms with Gasteiger partial charge < -0.3 is 19.6 Å². The second-order valence-corrected chi connectivity index (χ2v) is 9.55. The molecular weight excluding hydrogens is 482 g/mol. The minimum absolute atomic E-state index is 0.00145. The molecule has 1 aromatic heterocycles. The molecule has 1 aliphatic heterocycles. The Bertz CT molecular complexity index is 1590. The normalized spacial score (nSPS) is 18.6. The maximum absolute atomic E-state index is 13.6. The number of ketones is 1. The zero-order chi connectivity index (χ0) is 26.4. The molecule has 0 saturated carbocycles. The number of aromatic nitrogens is 2. The number of H-pyrrole nitrogens is 1. The van der Waals surface area contributed by atoms with Gasteiger partial charge in [-0.2, -0.15) is 0 Å². The maximum Gasteiger partial charge on any atom is 0.302 e. The van der Waals surface area contributed by atoms with Gasteiger partial charge in [-0.05, 0) is 72.7 Å². The number of aliphatic hydroxyl groups is 1. The van der Waals surface area contributed by atoms with Gasteiger partial charge in [0.1, 0.15) is 5.76 Å². The van der Waals surface area contributed by atoms with Crippen molar-refractivity contribution in [2.45, 2.75) is 31.7 Å². The molecule has 0 radical (unpaired) electrons. The summed E-state index contributed by atoms with van der Waals surface area (Å²) >= 11 is 0. The van der Waals surface area contributed by atoms with Crippen molar-refractivity contribution in [1.29, 1.82) is 0 Å². The molecule has 8 nitrogen and oxygen atoms in total. The highest BCUT2D eigenvalue weighted by Crippen LogP contribution is 2.44. The molecule has 8 heteroatoms. The highest BCUT2D eigenvalue weighted by atomic mass is 16.5. The number of nitrogens with one attached hydrogen (secondary N) is 1. The van der Waals surface area contributed by atoms with Gasteiger partial charge in [-0.25, -0.2) is 4.98 Å². The van der Waals surface area contributed by atoms with E-state index < -0.39 is 17.7 Å². The van der Waals surface area contributed by atoms with Gasteiger partial charge >= 0.3 is 5.91 Å². The quantitative estimate of drug-likeness (QED) is 0.221. The van der Waals surface area contributed by atoms with Gasteiger partial charge in [0.05, 0.1) is 36.9 Å². The fraction of sp³-hybridized carbons (Fsp3) is 0.233. The molecule has 1 atom stereocenters. The number of methoxy groups -OCH3 is 2. The molecule has 0 spiro atoms. The van der Waals surface area contributed by atoms with Crippen LogP contribution in [0.5, 0.6) is 11.5 Å². The van der Waals surface area contributed by atoms with Crippen molar-refractivity contribution in [3.8, 4) is 11.5 Å². The summed E-state index contributed by atoms with van der Waals surface area (Å²) < 4.78 is 10.9. The van der Waals surface area contributed by atoms with Gasteiger partial charge in [-0.3, -0.25) is 14.5 Å². The number of anilines is 1. The van der Waals surface area contributed by atoms with E-state index >= 15 is 0 Å². The molecule has 6 rings (SSSR count). The van der Waals surface area contributed by atoms with E-state index in [4.69, 9.17) is 9.47 Å². The molecule has 3 aromatic carbocycles. The summed E-state index contributed by atoms with van der Waals surface area (Å²) in [4.78, 5) is 36.2. The summed E-state index contributed by atoms with van der Waals surface area (Å²) in [6, 6.07) is 17.4. The fourth-order valence-electron chi connectivity index (χ4n) is 5.48. The number of aromatic amines is 1. The lowest BCUT2D eigenvalue weighted by Crippen LogP contribution is -2.30. The van der Waals surface area contributed by atoms with Crippen LogP contribution in [0.25, 0.3) is 16.8 Å². The van der Waals surface area contributed by atoms with Gasteiger partial charge in [0, 0.05) is 5.56 Å². The lowest BCUT2D eigenvalue weighted by molar-refractivity contribution is -0.132. The van der Waals surface area contributed by atoms with E-state index in [1.165, 1.54) is 24.7 Å². The third kappa shape index (κ3) is 3.80. The number of carbonyl (C=O) groups is 2. The Labute approximate surface area is 219 Å². The van der Waals surface area contributed by atoms with Crippen molar-refractivity contribution >= 4 is 34.4 Å². The third-order valence-corrected chi connectivity index (χ3v) is 7.39. The lowest BCUT2D eigenvalue weighted by Gasteiger charge is -2.24. The molecule has 0 bridgehead atoms. The zero-order valence-corrected chi connectivity index (χ0v) is 21.2. The number of aryl methyl sites for hydroxylation is 2. The molecule has 192 valence electrons. The van der Waals surface area contributed by atoms with Gasteiger partial charge in [-0.15, -0.1) is 0 Å². The van der Waals surface area contributed by atoms with E-state index in [1.54, 1.807) is 18.2 Å². The molecule has 1 saturated heterocycles. The van der Waals surface area contributed by atoms with Crippen LogP contribution in [0.2, 0.25) is 0 Å². The smallest absolute Gasteiger partial charge is 0.302 e. The summed E-state index contributed by atoms with van der Waals surface area (Å²) in [7, 11) is 3.05.